The molecule has 0 aliphatic rings. The quantitative estimate of drug-likeness (QED) is 0.615. The first-order chi connectivity index (χ1) is 4.29. The second-order valence-corrected chi connectivity index (χ2v) is 2.24. The number of nitrogens with zero attached hydrogens (tertiary/aromatic N) is 2. The Morgan fingerprint density at radius 2 is 2.56 bits per heavy atom. The highest BCUT2D eigenvalue weighted by molar-refractivity contribution is 4.75. The Morgan fingerprint density at radius 3 is 3.00 bits per heavy atom. The van der Waals surface area contributed by atoms with Gasteiger partial charge in [-0.1, -0.05) is 0 Å². The summed E-state index contributed by atoms with van der Waals surface area (Å²) in [5, 5.41) is 0. The van der Waals surface area contributed by atoms with Crippen LogP contribution in [0.3, 0.4) is 0 Å². The van der Waals surface area contributed by atoms with Crippen LogP contribution >= 0.6 is 0 Å². The predicted molar refractivity (Wildman–Crippen MR) is 35.9 cm³/mol. The van der Waals surface area contributed by atoms with Crippen molar-refractivity contribution in [1.29, 1.82) is 0 Å². The van der Waals surface area contributed by atoms with E-state index in [4.69, 9.17) is 5.73 Å². The molecule has 0 spiro atoms. The lowest BCUT2D eigenvalue weighted by molar-refractivity contribution is 0.589. The molecular weight excluding hydrogens is 114 g/mol. The summed E-state index contributed by atoms with van der Waals surface area (Å²) >= 11 is 0. The molecule has 2 N–H and O–H groups in total. The first kappa shape index (κ1) is 6.29. The van der Waals surface area contributed by atoms with Crippen LogP contribution < -0.4 is 5.73 Å². The topological polar surface area (TPSA) is 43.8 Å². The molecule has 0 saturated heterocycles. The molecule has 1 aromatic rings. The van der Waals surface area contributed by atoms with Gasteiger partial charge in [-0.25, -0.2) is 4.98 Å². The average molecular weight is 125 g/mol. The third-order valence-electron chi connectivity index (χ3n) is 1.06. The van der Waals surface area contributed by atoms with Gasteiger partial charge in [0.15, 0.2) is 0 Å². The molecule has 0 bridgehead atoms. The van der Waals surface area contributed by atoms with Gasteiger partial charge in [0, 0.05) is 25.0 Å². The van der Waals surface area contributed by atoms with Gasteiger partial charge in [-0.2, -0.15) is 0 Å². The number of hydrogen-bond acceptors (Lipinski definition) is 2. The van der Waals surface area contributed by atoms with E-state index in [9.17, 15) is 0 Å². The van der Waals surface area contributed by atoms with E-state index in [1.807, 2.05) is 17.7 Å². The Hall–Kier alpha value is -0.830. The molecule has 0 aliphatic heterocycles. The molecular formula is C6H11N3. The summed E-state index contributed by atoms with van der Waals surface area (Å²) in [4.78, 5) is 3.88. The Labute approximate surface area is 54.5 Å². The van der Waals surface area contributed by atoms with E-state index >= 15 is 0 Å². The minimum absolute atomic E-state index is 0.208. The molecule has 9 heavy (non-hydrogen) atoms. The van der Waals surface area contributed by atoms with Crippen molar-refractivity contribution < 1.29 is 0 Å². The number of imidazole rings is 1. The van der Waals surface area contributed by atoms with Crippen LogP contribution in [0.2, 0.25) is 0 Å². The van der Waals surface area contributed by atoms with Gasteiger partial charge >= 0.3 is 0 Å². The minimum atomic E-state index is 0.208. The molecule has 0 radical (unpaired) electrons. The van der Waals surface area contributed by atoms with Gasteiger partial charge in [0.2, 0.25) is 0 Å². The van der Waals surface area contributed by atoms with Crippen LogP contribution in [-0.2, 0) is 6.54 Å². The van der Waals surface area contributed by atoms with Crippen LogP contribution in [0.5, 0.6) is 0 Å². The Kier molecular flexibility index (Phi) is 1.85. The van der Waals surface area contributed by atoms with Gasteiger partial charge in [0.25, 0.3) is 0 Å². The van der Waals surface area contributed by atoms with Gasteiger partial charge in [0.05, 0.1) is 6.33 Å². The van der Waals surface area contributed by atoms with Crippen molar-refractivity contribution >= 4 is 0 Å². The third kappa shape index (κ3) is 1.85. The lowest BCUT2D eigenvalue weighted by Crippen LogP contribution is -2.21. The van der Waals surface area contributed by atoms with Crippen LogP contribution in [0.15, 0.2) is 18.7 Å². The molecule has 0 amide bonds. The largest absolute Gasteiger partial charge is 0.336 e. The fourth-order valence-corrected chi connectivity index (χ4v) is 0.727. The first-order valence-corrected chi connectivity index (χ1v) is 3.00. The van der Waals surface area contributed by atoms with Crippen molar-refractivity contribution in [2.75, 3.05) is 0 Å². The van der Waals surface area contributed by atoms with E-state index in [-0.39, 0.29) is 6.04 Å². The van der Waals surface area contributed by atoms with E-state index in [1.165, 1.54) is 0 Å². The summed E-state index contributed by atoms with van der Waals surface area (Å²) in [6.45, 7) is 2.82. The standard InChI is InChI=1S/C6H11N3/c1-6(7)4-9-3-2-8-5-9/h2-3,5-6H,4,7H2,1H3/t6-/m0/s1. The summed E-state index contributed by atoms with van der Waals surface area (Å²) in [6, 6.07) is 0.208. The maximum Gasteiger partial charge on any atom is 0.0946 e. The van der Waals surface area contributed by atoms with E-state index in [0.29, 0.717) is 0 Å². The zero-order valence-electron chi connectivity index (χ0n) is 5.49. The smallest absolute Gasteiger partial charge is 0.0946 e. The molecule has 50 valence electrons. The van der Waals surface area contributed by atoms with Gasteiger partial charge in [0.1, 0.15) is 0 Å². The van der Waals surface area contributed by atoms with Crippen LogP contribution in [0.4, 0.5) is 0 Å². The van der Waals surface area contributed by atoms with Crippen molar-refractivity contribution in [3.63, 3.8) is 0 Å². The number of aromatic nitrogens is 2. The Morgan fingerprint density at radius 1 is 1.78 bits per heavy atom. The minimum Gasteiger partial charge on any atom is -0.336 e. The Bertz CT molecular complexity index is 155. The molecule has 0 aliphatic carbocycles. The lowest BCUT2D eigenvalue weighted by Gasteiger charge is -2.03. The van der Waals surface area contributed by atoms with Gasteiger partial charge in [-0.05, 0) is 6.92 Å². The zero-order valence-corrected chi connectivity index (χ0v) is 5.49. The van der Waals surface area contributed by atoms with Gasteiger partial charge in [-0.3, -0.25) is 0 Å². The van der Waals surface area contributed by atoms with Gasteiger partial charge < -0.3 is 10.3 Å². The molecule has 1 aromatic heterocycles. The molecule has 1 atom stereocenters. The summed E-state index contributed by atoms with van der Waals surface area (Å²) in [5.41, 5.74) is 5.54. The van der Waals surface area contributed by atoms with Crippen molar-refractivity contribution in [1.82, 2.24) is 9.55 Å². The van der Waals surface area contributed by atoms with E-state index in [1.54, 1.807) is 12.5 Å². The number of hydrogen-bond donors (Lipinski definition) is 1. The Balaban J connectivity index is 2.48. The lowest BCUT2D eigenvalue weighted by atomic mass is 10.4. The highest BCUT2D eigenvalue weighted by Gasteiger charge is 1.92. The van der Waals surface area contributed by atoms with Crippen molar-refractivity contribution in [2.45, 2.75) is 19.5 Å². The third-order valence-corrected chi connectivity index (χ3v) is 1.06. The molecule has 1 rings (SSSR count). The summed E-state index contributed by atoms with van der Waals surface area (Å²) in [5.74, 6) is 0. The molecule has 3 heteroatoms. The molecule has 0 fully saturated rings. The molecule has 0 aromatic carbocycles. The van der Waals surface area contributed by atoms with Crippen LogP contribution in [-0.4, -0.2) is 15.6 Å². The highest BCUT2D eigenvalue weighted by Crippen LogP contribution is 1.87. The van der Waals surface area contributed by atoms with E-state index in [2.05, 4.69) is 4.98 Å². The second-order valence-electron chi connectivity index (χ2n) is 2.24. The fourth-order valence-electron chi connectivity index (χ4n) is 0.727. The van der Waals surface area contributed by atoms with Crippen LogP contribution in [0, 0.1) is 0 Å². The van der Waals surface area contributed by atoms with E-state index in [0.717, 1.165) is 6.54 Å². The van der Waals surface area contributed by atoms with Crippen molar-refractivity contribution in [3.8, 4) is 0 Å². The first-order valence-electron chi connectivity index (χ1n) is 3.00. The van der Waals surface area contributed by atoms with Crippen molar-refractivity contribution in [2.24, 2.45) is 5.73 Å². The molecule has 1 heterocycles. The molecule has 3 nitrogen and oxygen atoms in total. The molecule has 0 unspecified atom stereocenters. The normalized spacial score (nSPS) is 13.6. The van der Waals surface area contributed by atoms with Crippen LogP contribution in [0.1, 0.15) is 6.92 Å². The summed E-state index contributed by atoms with van der Waals surface area (Å²) in [6.07, 6.45) is 5.43. The summed E-state index contributed by atoms with van der Waals surface area (Å²) in [7, 11) is 0. The number of rotatable bonds is 2. The zero-order chi connectivity index (χ0) is 6.69. The van der Waals surface area contributed by atoms with Gasteiger partial charge in [-0.15, -0.1) is 0 Å². The maximum atomic E-state index is 5.54. The molecule has 0 saturated carbocycles. The SMILES string of the molecule is C[C@H](N)Cn1ccnc1. The van der Waals surface area contributed by atoms with Crippen LogP contribution in [0.25, 0.3) is 0 Å². The average Bonchev–Trinajstić information content (AvgIpc) is 2.15. The predicted octanol–water partition coefficient (Wildman–Crippen LogP) is 0.230. The van der Waals surface area contributed by atoms with E-state index < -0.39 is 0 Å². The fraction of sp³-hybridized carbons (Fsp3) is 0.500. The maximum absolute atomic E-state index is 5.54. The monoisotopic (exact) mass is 125 g/mol. The number of nitrogens with two attached hydrogens (primary N) is 1. The second kappa shape index (κ2) is 2.64. The summed E-state index contributed by atoms with van der Waals surface area (Å²) < 4.78 is 1.96. The van der Waals surface area contributed by atoms with Crippen molar-refractivity contribution in [3.05, 3.63) is 18.7 Å². The highest BCUT2D eigenvalue weighted by atomic mass is 15.0.